The van der Waals surface area contributed by atoms with E-state index in [4.69, 9.17) is 4.74 Å². The number of para-hydroxylation sites is 1. The number of sulfonamides is 1. The average Bonchev–Trinajstić information content (AvgIpc) is 2.79. The number of amides is 1. The van der Waals surface area contributed by atoms with Crippen LogP contribution in [0.2, 0.25) is 0 Å². The number of nitrogens with one attached hydrogen (secondary N) is 2. The van der Waals surface area contributed by atoms with Gasteiger partial charge in [-0.1, -0.05) is 35.9 Å². The van der Waals surface area contributed by atoms with Crippen molar-refractivity contribution in [2.45, 2.75) is 38.5 Å². The lowest BCUT2D eigenvalue weighted by Gasteiger charge is -2.13. The lowest BCUT2D eigenvalue weighted by atomic mass is 10.1. The molecule has 33 heavy (non-hydrogen) atoms. The highest BCUT2D eigenvalue weighted by Crippen LogP contribution is 2.22. The molecule has 3 aromatic carbocycles. The summed E-state index contributed by atoms with van der Waals surface area (Å²) in [4.78, 5) is 12.7. The highest BCUT2D eigenvalue weighted by atomic mass is 32.2. The van der Waals surface area contributed by atoms with E-state index in [2.05, 4.69) is 10.0 Å². The van der Waals surface area contributed by atoms with Crippen LogP contribution in [-0.4, -0.2) is 27.5 Å². The molecule has 3 aromatic rings. The second-order valence-corrected chi connectivity index (χ2v) is 9.53. The van der Waals surface area contributed by atoms with Crippen molar-refractivity contribution < 1.29 is 17.9 Å². The Balaban J connectivity index is 1.57. The fraction of sp³-hybridized carbons (Fsp3) is 0.269. The Bertz CT molecular complexity index is 1210. The smallest absolute Gasteiger partial charge is 0.261 e. The molecule has 0 aromatic heterocycles. The summed E-state index contributed by atoms with van der Waals surface area (Å²) in [5.74, 6) is 0.690. The summed E-state index contributed by atoms with van der Waals surface area (Å²) in [7, 11) is -3.70. The van der Waals surface area contributed by atoms with Gasteiger partial charge in [-0.15, -0.1) is 0 Å². The van der Waals surface area contributed by atoms with E-state index in [-0.39, 0.29) is 10.8 Å². The zero-order chi connectivity index (χ0) is 23.8. The van der Waals surface area contributed by atoms with E-state index in [9.17, 15) is 13.2 Å². The Labute approximate surface area is 196 Å². The molecule has 0 bridgehead atoms. The summed E-state index contributed by atoms with van der Waals surface area (Å²) in [6, 6.07) is 19.5. The highest BCUT2D eigenvalue weighted by molar-refractivity contribution is 7.92. The molecule has 0 atom stereocenters. The van der Waals surface area contributed by atoms with Crippen molar-refractivity contribution in [2.75, 3.05) is 17.9 Å². The first-order valence-electron chi connectivity index (χ1n) is 11.0. The van der Waals surface area contributed by atoms with Gasteiger partial charge in [0.05, 0.1) is 17.2 Å². The number of anilines is 1. The second-order valence-electron chi connectivity index (χ2n) is 7.85. The Kier molecular flexibility index (Phi) is 8.11. The monoisotopic (exact) mass is 466 g/mol. The maximum atomic E-state index is 12.6. The minimum absolute atomic E-state index is 0.191. The summed E-state index contributed by atoms with van der Waals surface area (Å²) in [5.41, 5.74) is 3.71. The largest absolute Gasteiger partial charge is 0.494 e. The van der Waals surface area contributed by atoms with Crippen LogP contribution in [-0.2, 0) is 16.4 Å². The Hall–Kier alpha value is -3.32. The van der Waals surface area contributed by atoms with Gasteiger partial charge in [-0.2, -0.15) is 0 Å². The molecule has 0 radical (unpaired) electrons. The standard InChI is InChI=1S/C26H30N2O4S/c1-4-32-25-10-6-5-8-21(25)9-7-17-27-26(29)22-13-16-24(20(3)18-22)28-33(30,31)23-14-11-19(2)12-15-23/h5-6,8,10-16,18,28H,4,7,9,17H2,1-3H3,(H,27,29). The summed E-state index contributed by atoms with van der Waals surface area (Å²) in [6.45, 7) is 6.77. The van der Waals surface area contributed by atoms with Gasteiger partial charge in [-0.3, -0.25) is 9.52 Å². The molecule has 3 rings (SSSR count). The van der Waals surface area contributed by atoms with Crippen molar-refractivity contribution in [3.63, 3.8) is 0 Å². The molecular weight excluding hydrogens is 436 g/mol. The second kappa shape index (κ2) is 11.0. The normalized spacial score (nSPS) is 11.1. The first kappa shape index (κ1) is 24.3. The van der Waals surface area contributed by atoms with Crippen molar-refractivity contribution in [3.05, 3.63) is 89.0 Å². The molecule has 1 amide bonds. The third kappa shape index (κ3) is 6.58. The van der Waals surface area contributed by atoms with E-state index < -0.39 is 10.0 Å². The first-order valence-corrected chi connectivity index (χ1v) is 12.5. The predicted octanol–water partition coefficient (Wildman–Crippen LogP) is 4.87. The van der Waals surface area contributed by atoms with Gasteiger partial charge in [-0.05, 0) is 81.1 Å². The molecule has 0 unspecified atom stereocenters. The molecule has 0 spiro atoms. The molecule has 2 N–H and O–H groups in total. The quantitative estimate of drug-likeness (QED) is 0.418. The molecule has 0 saturated carbocycles. The number of benzene rings is 3. The molecule has 0 aliphatic heterocycles. The van der Waals surface area contributed by atoms with Gasteiger partial charge in [0, 0.05) is 12.1 Å². The van der Waals surface area contributed by atoms with Gasteiger partial charge in [0.25, 0.3) is 15.9 Å². The van der Waals surface area contributed by atoms with Crippen molar-refractivity contribution in [2.24, 2.45) is 0 Å². The minimum atomic E-state index is -3.70. The average molecular weight is 467 g/mol. The predicted molar refractivity (Wildman–Crippen MR) is 131 cm³/mol. The molecule has 0 aliphatic rings. The number of hydrogen-bond acceptors (Lipinski definition) is 4. The fourth-order valence-electron chi connectivity index (χ4n) is 3.43. The van der Waals surface area contributed by atoms with Gasteiger partial charge >= 0.3 is 0 Å². The molecular formula is C26H30N2O4S. The van der Waals surface area contributed by atoms with Gasteiger partial charge in [0.15, 0.2) is 0 Å². The maximum Gasteiger partial charge on any atom is 0.261 e. The van der Waals surface area contributed by atoms with E-state index >= 15 is 0 Å². The van der Waals surface area contributed by atoms with Crippen LogP contribution in [0, 0.1) is 13.8 Å². The van der Waals surface area contributed by atoms with Gasteiger partial charge < -0.3 is 10.1 Å². The SMILES string of the molecule is CCOc1ccccc1CCCNC(=O)c1ccc(NS(=O)(=O)c2ccc(C)cc2)c(C)c1. The Morgan fingerprint density at radius 1 is 0.970 bits per heavy atom. The summed E-state index contributed by atoms with van der Waals surface area (Å²) < 4.78 is 33.5. The third-order valence-electron chi connectivity index (χ3n) is 5.25. The van der Waals surface area contributed by atoms with E-state index in [1.165, 1.54) is 0 Å². The van der Waals surface area contributed by atoms with Crippen LogP contribution in [0.1, 0.15) is 40.4 Å². The zero-order valence-electron chi connectivity index (χ0n) is 19.2. The van der Waals surface area contributed by atoms with Crippen LogP contribution in [0.4, 0.5) is 5.69 Å². The maximum absolute atomic E-state index is 12.6. The molecule has 0 fully saturated rings. The molecule has 0 saturated heterocycles. The van der Waals surface area contributed by atoms with E-state index in [1.54, 1.807) is 49.4 Å². The summed E-state index contributed by atoms with van der Waals surface area (Å²) in [5, 5.41) is 2.93. The zero-order valence-corrected chi connectivity index (χ0v) is 20.0. The Morgan fingerprint density at radius 3 is 2.39 bits per heavy atom. The van der Waals surface area contributed by atoms with Crippen LogP contribution < -0.4 is 14.8 Å². The van der Waals surface area contributed by atoms with Crippen LogP contribution in [0.15, 0.2) is 71.6 Å². The lowest BCUT2D eigenvalue weighted by Crippen LogP contribution is -2.25. The molecule has 0 aliphatic carbocycles. The highest BCUT2D eigenvalue weighted by Gasteiger charge is 2.16. The molecule has 174 valence electrons. The number of aryl methyl sites for hydroxylation is 3. The Morgan fingerprint density at radius 2 is 1.70 bits per heavy atom. The van der Waals surface area contributed by atoms with Crippen molar-refractivity contribution in [3.8, 4) is 5.75 Å². The van der Waals surface area contributed by atoms with E-state index in [0.717, 1.165) is 29.7 Å². The van der Waals surface area contributed by atoms with Crippen LogP contribution in [0.25, 0.3) is 0 Å². The molecule has 0 heterocycles. The van der Waals surface area contributed by atoms with Crippen LogP contribution in [0.3, 0.4) is 0 Å². The van der Waals surface area contributed by atoms with Crippen LogP contribution in [0.5, 0.6) is 5.75 Å². The number of ether oxygens (including phenoxy) is 1. The number of carbonyl (C=O) groups excluding carboxylic acids is 1. The summed E-state index contributed by atoms with van der Waals surface area (Å²) >= 11 is 0. The lowest BCUT2D eigenvalue weighted by molar-refractivity contribution is 0.0953. The number of carbonyl (C=O) groups is 1. The van der Waals surface area contributed by atoms with Gasteiger partial charge in [0.1, 0.15) is 5.75 Å². The first-order chi connectivity index (χ1) is 15.8. The van der Waals surface area contributed by atoms with Gasteiger partial charge in [0.2, 0.25) is 0 Å². The minimum Gasteiger partial charge on any atom is -0.494 e. The van der Waals surface area contributed by atoms with Crippen molar-refractivity contribution in [1.29, 1.82) is 0 Å². The van der Waals surface area contributed by atoms with E-state index in [1.807, 2.05) is 38.1 Å². The van der Waals surface area contributed by atoms with Crippen molar-refractivity contribution in [1.82, 2.24) is 5.32 Å². The summed E-state index contributed by atoms with van der Waals surface area (Å²) in [6.07, 6.45) is 1.58. The third-order valence-corrected chi connectivity index (χ3v) is 6.63. The molecule has 6 nitrogen and oxygen atoms in total. The van der Waals surface area contributed by atoms with Gasteiger partial charge in [-0.25, -0.2) is 8.42 Å². The topological polar surface area (TPSA) is 84.5 Å². The molecule has 7 heteroatoms. The fourth-order valence-corrected chi connectivity index (χ4v) is 4.56. The van der Waals surface area contributed by atoms with Crippen LogP contribution >= 0.6 is 0 Å². The number of rotatable bonds is 10. The van der Waals surface area contributed by atoms with E-state index in [0.29, 0.717) is 30.0 Å². The van der Waals surface area contributed by atoms with Crippen molar-refractivity contribution >= 4 is 21.6 Å². The number of hydrogen-bond donors (Lipinski definition) is 2.